The fourth-order valence-electron chi connectivity index (χ4n) is 1.41. The molecule has 0 aliphatic heterocycles. The van der Waals surface area contributed by atoms with Crippen molar-refractivity contribution in [1.29, 1.82) is 0 Å². The first kappa shape index (κ1) is 12.1. The molecule has 0 amide bonds. The Morgan fingerprint density at radius 1 is 1.06 bits per heavy atom. The van der Waals surface area contributed by atoms with E-state index < -0.39 is 23.4 Å². The van der Waals surface area contributed by atoms with Crippen molar-refractivity contribution in [2.75, 3.05) is 0 Å². The van der Waals surface area contributed by atoms with Crippen molar-refractivity contribution in [2.24, 2.45) is 0 Å². The molecule has 0 radical (unpaired) electrons. The van der Waals surface area contributed by atoms with E-state index in [1.165, 1.54) is 12.1 Å². The summed E-state index contributed by atoms with van der Waals surface area (Å²) >= 11 is 0. The molecule has 18 heavy (non-hydrogen) atoms. The fraction of sp³-hybridized carbons (Fsp3) is 0. The molecule has 0 atom stereocenters. The lowest BCUT2D eigenvalue weighted by atomic mass is 10.1. The van der Waals surface area contributed by atoms with Crippen LogP contribution in [0.15, 0.2) is 30.5 Å². The van der Waals surface area contributed by atoms with Crippen molar-refractivity contribution in [3.63, 3.8) is 0 Å². The Labute approximate surface area is 99.5 Å². The zero-order valence-corrected chi connectivity index (χ0v) is 8.82. The molecule has 1 heterocycles. The first-order valence-corrected chi connectivity index (χ1v) is 4.83. The number of hydrogen-bond acceptors (Lipinski definition) is 2. The Balaban J connectivity index is 2.46. The Kier molecular flexibility index (Phi) is 3.01. The van der Waals surface area contributed by atoms with E-state index >= 15 is 0 Å². The zero-order valence-electron chi connectivity index (χ0n) is 8.82. The molecule has 0 saturated heterocycles. The number of hydrogen-bond donors (Lipinski definition) is 1. The first-order chi connectivity index (χ1) is 8.49. The molecule has 1 N–H and O–H groups in total. The van der Waals surface area contributed by atoms with Crippen LogP contribution >= 0.6 is 0 Å². The van der Waals surface area contributed by atoms with E-state index in [9.17, 15) is 18.0 Å². The zero-order chi connectivity index (χ0) is 13.3. The van der Waals surface area contributed by atoms with Crippen LogP contribution in [-0.4, -0.2) is 16.1 Å². The van der Waals surface area contributed by atoms with Gasteiger partial charge in [-0.1, -0.05) is 6.07 Å². The number of halogens is 3. The molecule has 0 fully saturated rings. The quantitative estimate of drug-likeness (QED) is 0.837. The van der Waals surface area contributed by atoms with E-state index in [4.69, 9.17) is 5.11 Å². The normalized spacial score (nSPS) is 10.4. The minimum atomic E-state index is -1.55. The van der Waals surface area contributed by atoms with E-state index in [-0.39, 0.29) is 16.8 Å². The molecule has 0 aliphatic carbocycles. The van der Waals surface area contributed by atoms with Crippen LogP contribution in [0.25, 0.3) is 11.1 Å². The van der Waals surface area contributed by atoms with Gasteiger partial charge in [-0.25, -0.2) is 22.9 Å². The molecule has 6 heteroatoms. The van der Waals surface area contributed by atoms with Gasteiger partial charge in [0.25, 0.3) is 0 Å². The summed E-state index contributed by atoms with van der Waals surface area (Å²) in [4.78, 5) is 14.2. The van der Waals surface area contributed by atoms with Crippen molar-refractivity contribution >= 4 is 5.97 Å². The van der Waals surface area contributed by atoms with Crippen LogP contribution in [0.4, 0.5) is 13.2 Å². The average Bonchev–Trinajstić information content (AvgIpc) is 2.35. The van der Waals surface area contributed by atoms with Crippen LogP contribution in [0.2, 0.25) is 0 Å². The number of nitrogens with zero attached hydrogens (tertiary/aromatic N) is 1. The van der Waals surface area contributed by atoms with E-state index in [1.807, 2.05) is 0 Å². The van der Waals surface area contributed by atoms with E-state index in [2.05, 4.69) is 4.98 Å². The number of aromatic carboxylic acids is 1. The maximum atomic E-state index is 13.0. The topological polar surface area (TPSA) is 50.2 Å². The summed E-state index contributed by atoms with van der Waals surface area (Å²) in [6.45, 7) is 0. The predicted octanol–water partition coefficient (Wildman–Crippen LogP) is 2.86. The number of rotatable bonds is 2. The molecule has 1 aromatic carbocycles. The van der Waals surface area contributed by atoms with Gasteiger partial charge in [0.2, 0.25) is 0 Å². The fourth-order valence-corrected chi connectivity index (χ4v) is 1.41. The highest BCUT2D eigenvalue weighted by atomic mass is 19.2. The highest BCUT2D eigenvalue weighted by molar-refractivity contribution is 5.85. The monoisotopic (exact) mass is 253 g/mol. The highest BCUT2D eigenvalue weighted by Crippen LogP contribution is 2.23. The number of carboxylic acids is 1. The lowest BCUT2D eigenvalue weighted by molar-refractivity contribution is 0.0690. The van der Waals surface area contributed by atoms with Crippen LogP contribution in [0.1, 0.15) is 10.5 Å². The summed E-state index contributed by atoms with van der Waals surface area (Å²) in [5, 5.41) is 8.64. The average molecular weight is 253 g/mol. The largest absolute Gasteiger partial charge is 0.477 e. The number of benzene rings is 1. The van der Waals surface area contributed by atoms with E-state index in [0.29, 0.717) is 0 Å². The molecular weight excluding hydrogens is 247 g/mol. The van der Waals surface area contributed by atoms with Gasteiger partial charge in [-0.3, -0.25) is 0 Å². The van der Waals surface area contributed by atoms with Gasteiger partial charge in [0, 0.05) is 11.8 Å². The van der Waals surface area contributed by atoms with Gasteiger partial charge in [0.15, 0.2) is 17.5 Å². The number of aromatic nitrogens is 1. The molecule has 3 nitrogen and oxygen atoms in total. The summed E-state index contributed by atoms with van der Waals surface area (Å²) in [6, 6.07) is 4.16. The molecule has 0 unspecified atom stereocenters. The lowest BCUT2D eigenvalue weighted by Crippen LogP contribution is -1.99. The SMILES string of the molecule is O=C(O)c1ccc(-c2cc(F)c(F)c(F)c2)cn1. The molecule has 2 aromatic rings. The van der Waals surface area contributed by atoms with Crippen LogP contribution < -0.4 is 0 Å². The molecule has 1 aromatic heterocycles. The standard InChI is InChI=1S/C12H6F3NO2/c13-8-3-7(4-9(14)11(8)15)6-1-2-10(12(17)18)16-5-6/h1-5H,(H,17,18). The molecule has 2 rings (SSSR count). The van der Waals surface area contributed by atoms with Gasteiger partial charge < -0.3 is 5.11 Å². The Morgan fingerprint density at radius 3 is 2.11 bits per heavy atom. The third kappa shape index (κ3) is 2.17. The van der Waals surface area contributed by atoms with E-state index in [1.54, 1.807) is 0 Å². The Morgan fingerprint density at radius 2 is 1.67 bits per heavy atom. The van der Waals surface area contributed by atoms with Gasteiger partial charge in [0.1, 0.15) is 5.69 Å². The second-order valence-corrected chi connectivity index (χ2v) is 3.49. The van der Waals surface area contributed by atoms with Crippen molar-refractivity contribution in [3.05, 3.63) is 53.6 Å². The van der Waals surface area contributed by atoms with Gasteiger partial charge in [-0.2, -0.15) is 0 Å². The molecule has 0 bridgehead atoms. The molecule has 0 saturated carbocycles. The maximum absolute atomic E-state index is 13.0. The number of carboxylic acid groups (broad SMARTS) is 1. The Bertz CT molecular complexity index is 588. The highest BCUT2D eigenvalue weighted by Gasteiger charge is 2.12. The molecule has 0 spiro atoms. The van der Waals surface area contributed by atoms with Crippen LogP contribution in [-0.2, 0) is 0 Å². The molecule has 92 valence electrons. The second-order valence-electron chi connectivity index (χ2n) is 3.49. The summed E-state index contributed by atoms with van der Waals surface area (Å²) in [5.74, 6) is -5.38. The van der Waals surface area contributed by atoms with Crippen LogP contribution in [0.5, 0.6) is 0 Å². The minimum absolute atomic E-state index is 0.0795. The molecule has 0 aliphatic rings. The van der Waals surface area contributed by atoms with Gasteiger partial charge in [-0.05, 0) is 23.8 Å². The third-order valence-corrected chi connectivity index (χ3v) is 2.30. The van der Waals surface area contributed by atoms with Crippen molar-refractivity contribution in [3.8, 4) is 11.1 Å². The van der Waals surface area contributed by atoms with Gasteiger partial charge >= 0.3 is 5.97 Å². The van der Waals surface area contributed by atoms with Crippen molar-refractivity contribution in [2.45, 2.75) is 0 Å². The number of pyridine rings is 1. The van der Waals surface area contributed by atoms with Crippen molar-refractivity contribution < 1.29 is 23.1 Å². The summed E-state index contributed by atoms with van der Waals surface area (Å²) in [7, 11) is 0. The summed E-state index contributed by atoms with van der Waals surface area (Å²) in [5.41, 5.74) is 0.176. The van der Waals surface area contributed by atoms with E-state index in [0.717, 1.165) is 18.3 Å². The van der Waals surface area contributed by atoms with Crippen LogP contribution in [0, 0.1) is 17.5 Å². The summed E-state index contributed by atoms with van der Waals surface area (Å²) in [6.07, 6.45) is 1.15. The second kappa shape index (κ2) is 4.48. The number of carbonyl (C=O) groups is 1. The summed E-state index contributed by atoms with van der Waals surface area (Å²) < 4.78 is 38.8. The molecular formula is C12H6F3NO2. The van der Waals surface area contributed by atoms with Crippen LogP contribution in [0.3, 0.4) is 0 Å². The first-order valence-electron chi connectivity index (χ1n) is 4.83. The lowest BCUT2D eigenvalue weighted by Gasteiger charge is -2.03. The predicted molar refractivity (Wildman–Crippen MR) is 56.5 cm³/mol. The van der Waals surface area contributed by atoms with Crippen molar-refractivity contribution in [1.82, 2.24) is 4.98 Å². The minimum Gasteiger partial charge on any atom is -0.477 e. The maximum Gasteiger partial charge on any atom is 0.354 e. The Hall–Kier alpha value is -2.37. The smallest absolute Gasteiger partial charge is 0.354 e. The third-order valence-electron chi connectivity index (χ3n) is 2.30. The van der Waals surface area contributed by atoms with Gasteiger partial charge in [-0.15, -0.1) is 0 Å². The van der Waals surface area contributed by atoms with Gasteiger partial charge in [0.05, 0.1) is 0 Å².